The van der Waals surface area contributed by atoms with E-state index in [4.69, 9.17) is 9.47 Å². The lowest BCUT2D eigenvalue weighted by molar-refractivity contribution is 0.0426. The maximum absolute atomic E-state index is 14.0. The zero-order chi connectivity index (χ0) is 20.1. The van der Waals surface area contributed by atoms with Crippen LogP contribution in [-0.2, 0) is 0 Å². The number of halogens is 3. The highest BCUT2D eigenvalue weighted by atomic mass is 19.2. The molecule has 1 spiro atoms. The number of ether oxygens (including phenoxy) is 2. The van der Waals surface area contributed by atoms with Gasteiger partial charge in [-0.3, -0.25) is 9.59 Å². The van der Waals surface area contributed by atoms with Crippen LogP contribution in [0, 0.1) is 17.5 Å². The number of ketones is 1. The third-order valence-electron chi connectivity index (χ3n) is 5.17. The first-order valence-corrected chi connectivity index (χ1v) is 8.66. The Morgan fingerprint density at radius 1 is 1.18 bits per heavy atom. The maximum Gasteiger partial charge on any atom is 0.257 e. The lowest BCUT2D eigenvalue weighted by Crippen LogP contribution is -2.45. The number of carbonyl (C=O) groups is 2. The van der Waals surface area contributed by atoms with Crippen molar-refractivity contribution < 1.29 is 32.2 Å². The van der Waals surface area contributed by atoms with Gasteiger partial charge in [0.2, 0.25) is 0 Å². The van der Waals surface area contributed by atoms with Crippen LogP contribution in [0.3, 0.4) is 0 Å². The van der Waals surface area contributed by atoms with Crippen LogP contribution in [0.1, 0.15) is 33.6 Å². The van der Waals surface area contributed by atoms with E-state index in [-0.39, 0.29) is 25.3 Å². The molecule has 1 amide bonds. The number of likely N-dealkylation sites (tertiary alicyclic amines) is 1. The molecule has 2 aromatic carbocycles. The van der Waals surface area contributed by atoms with Crippen LogP contribution in [0.15, 0.2) is 30.3 Å². The molecular formula is C20H16F3NO4. The molecule has 5 nitrogen and oxygen atoms in total. The fourth-order valence-electron chi connectivity index (χ4n) is 3.71. The highest BCUT2D eigenvalue weighted by molar-refractivity contribution is 6.01. The maximum atomic E-state index is 14.0. The van der Waals surface area contributed by atoms with Crippen LogP contribution in [0.5, 0.6) is 11.5 Å². The Kier molecular flexibility index (Phi) is 4.28. The standard InChI is InChI=1S/C20H16F3NO4/c1-27-11-2-5-16-13(8-11)15(25)9-20(28-16)6-7-24(10-20)19(26)12-3-4-14(21)18(23)17(12)22/h2-5,8H,6-7,9-10H2,1H3. The molecule has 4 rings (SSSR count). The van der Waals surface area contributed by atoms with Crippen molar-refractivity contribution in [2.24, 2.45) is 0 Å². The van der Waals surface area contributed by atoms with E-state index in [1.54, 1.807) is 18.2 Å². The van der Waals surface area contributed by atoms with E-state index in [9.17, 15) is 22.8 Å². The molecule has 0 aromatic heterocycles. The molecule has 2 aliphatic heterocycles. The minimum absolute atomic E-state index is 0.0431. The molecule has 0 aliphatic carbocycles. The minimum atomic E-state index is -1.69. The fraction of sp³-hybridized carbons (Fsp3) is 0.300. The number of hydrogen-bond donors (Lipinski definition) is 0. The van der Waals surface area contributed by atoms with Crippen LogP contribution >= 0.6 is 0 Å². The Morgan fingerprint density at radius 3 is 2.71 bits per heavy atom. The van der Waals surface area contributed by atoms with E-state index in [1.165, 1.54) is 12.0 Å². The molecule has 1 fully saturated rings. The van der Waals surface area contributed by atoms with Gasteiger partial charge in [0.25, 0.3) is 5.91 Å². The smallest absolute Gasteiger partial charge is 0.257 e. The predicted octanol–water partition coefficient (Wildman–Crippen LogP) is 3.36. The molecule has 1 atom stereocenters. The van der Waals surface area contributed by atoms with Crippen molar-refractivity contribution in [3.05, 3.63) is 58.9 Å². The van der Waals surface area contributed by atoms with Crippen molar-refractivity contribution in [2.75, 3.05) is 20.2 Å². The Bertz CT molecular complexity index is 994. The van der Waals surface area contributed by atoms with E-state index in [1.807, 2.05) is 0 Å². The number of hydrogen-bond acceptors (Lipinski definition) is 4. The molecule has 0 N–H and O–H groups in total. The Balaban J connectivity index is 1.58. The third kappa shape index (κ3) is 2.89. The summed E-state index contributed by atoms with van der Waals surface area (Å²) in [5.41, 5.74) is -1.08. The largest absolute Gasteiger partial charge is 0.497 e. The van der Waals surface area contributed by atoms with Crippen molar-refractivity contribution in [3.8, 4) is 11.5 Å². The van der Waals surface area contributed by atoms with Gasteiger partial charge in [0, 0.05) is 13.0 Å². The first-order chi connectivity index (χ1) is 13.3. The summed E-state index contributed by atoms with van der Waals surface area (Å²) in [5.74, 6) is -4.57. The summed E-state index contributed by atoms with van der Waals surface area (Å²) in [6.45, 7) is 0.248. The highest BCUT2D eigenvalue weighted by Crippen LogP contribution is 2.40. The second-order valence-electron chi connectivity index (χ2n) is 6.95. The normalized spacial score (nSPS) is 20.9. The number of benzene rings is 2. The van der Waals surface area contributed by atoms with Gasteiger partial charge in [0.05, 0.1) is 31.2 Å². The quantitative estimate of drug-likeness (QED) is 0.737. The summed E-state index contributed by atoms with van der Waals surface area (Å²) < 4.78 is 51.7. The summed E-state index contributed by atoms with van der Waals surface area (Å²) >= 11 is 0. The van der Waals surface area contributed by atoms with E-state index >= 15 is 0 Å². The van der Waals surface area contributed by atoms with Crippen molar-refractivity contribution >= 4 is 11.7 Å². The second-order valence-corrected chi connectivity index (χ2v) is 6.95. The summed E-state index contributed by atoms with van der Waals surface area (Å²) in [4.78, 5) is 26.5. The van der Waals surface area contributed by atoms with Gasteiger partial charge in [-0.1, -0.05) is 0 Å². The summed E-state index contributed by atoms with van der Waals surface area (Å²) in [7, 11) is 1.50. The van der Waals surface area contributed by atoms with Crippen LogP contribution in [0.4, 0.5) is 13.2 Å². The van der Waals surface area contributed by atoms with Crippen molar-refractivity contribution in [3.63, 3.8) is 0 Å². The molecule has 2 aliphatic rings. The van der Waals surface area contributed by atoms with E-state index < -0.39 is 34.5 Å². The van der Waals surface area contributed by atoms with Gasteiger partial charge in [-0.05, 0) is 30.3 Å². The number of nitrogens with zero attached hydrogens (tertiary/aromatic N) is 1. The van der Waals surface area contributed by atoms with E-state index in [2.05, 4.69) is 0 Å². The number of carbonyl (C=O) groups excluding carboxylic acids is 2. The summed E-state index contributed by atoms with van der Waals surface area (Å²) in [6, 6.07) is 6.52. The summed E-state index contributed by atoms with van der Waals surface area (Å²) in [5, 5.41) is 0. The van der Waals surface area contributed by atoms with Crippen LogP contribution in [0.25, 0.3) is 0 Å². The van der Waals surface area contributed by atoms with Gasteiger partial charge in [0.1, 0.15) is 17.1 Å². The minimum Gasteiger partial charge on any atom is -0.497 e. The topological polar surface area (TPSA) is 55.8 Å². The van der Waals surface area contributed by atoms with Gasteiger partial charge >= 0.3 is 0 Å². The first kappa shape index (κ1) is 18.3. The lowest BCUT2D eigenvalue weighted by Gasteiger charge is -2.34. The SMILES string of the molecule is COc1ccc2c(c1)C(=O)CC1(CCN(C(=O)c3ccc(F)c(F)c3F)C1)O2. The van der Waals surface area contributed by atoms with Crippen LogP contribution < -0.4 is 9.47 Å². The summed E-state index contributed by atoms with van der Waals surface area (Å²) in [6.07, 6.45) is 0.415. The Hall–Kier alpha value is -3.03. The second kappa shape index (κ2) is 6.54. The molecule has 2 aromatic rings. The molecule has 8 heteroatoms. The Morgan fingerprint density at radius 2 is 1.96 bits per heavy atom. The fourth-order valence-corrected chi connectivity index (χ4v) is 3.71. The van der Waals surface area contributed by atoms with Crippen LogP contribution in [0.2, 0.25) is 0 Å². The molecule has 1 saturated heterocycles. The first-order valence-electron chi connectivity index (χ1n) is 8.66. The molecular weight excluding hydrogens is 375 g/mol. The van der Waals surface area contributed by atoms with Gasteiger partial charge in [-0.2, -0.15) is 0 Å². The van der Waals surface area contributed by atoms with E-state index in [0.717, 1.165) is 6.07 Å². The molecule has 146 valence electrons. The van der Waals surface area contributed by atoms with Gasteiger partial charge in [-0.15, -0.1) is 0 Å². The highest BCUT2D eigenvalue weighted by Gasteiger charge is 2.47. The number of amides is 1. The molecule has 2 heterocycles. The van der Waals surface area contributed by atoms with Crippen molar-refractivity contribution in [1.29, 1.82) is 0 Å². The van der Waals surface area contributed by atoms with Crippen LogP contribution in [-0.4, -0.2) is 42.4 Å². The number of methoxy groups -OCH3 is 1. The molecule has 28 heavy (non-hydrogen) atoms. The number of rotatable bonds is 2. The zero-order valence-corrected chi connectivity index (χ0v) is 14.9. The lowest BCUT2D eigenvalue weighted by atomic mass is 9.89. The monoisotopic (exact) mass is 391 g/mol. The zero-order valence-electron chi connectivity index (χ0n) is 14.9. The van der Waals surface area contributed by atoms with Gasteiger partial charge in [-0.25, -0.2) is 13.2 Å². The molecule has 0 radical (unpaired) electrons. The predicted molar refractivity (Wildman–Crippen MR) is 92.1 cm³/mol. The molecule has 1 unspecified atom stereocenters. The average molecular weight is 391 g/mol. The van der Waals surface area contributed by atoms with Crippen molar-refractivity contribution in [2.45, 2.75) is 18.4 Å². The average Bonchev–Trinajstić information content (AvgIpc) is 3.08. The third-order valence-corrected chi connectivity index (χ3v) is 5.17. The van der Waals surface area contributed by atoms with E-state index in [0.29, 0.717) is 29.5 Å². The molecule has 0 bridgehead atoms. The van der Waals surface area contributed by atoms with Gasteiger partial charge < -0.3 is 14.4 Å². The van der Waals surface area contributed by atoms with Crippen molar-refractivity contribution in [1.82, 2.24) is 4.90 Å². The van der Waals surface area contributed by atoms with Gasteiger partial charge in [0.15, 0.2) is 23.2 Å². The number of fused-ring (bicyclic) bond motifs is 1. The Labute approximate surface area is 158 Å². The number of Topliss-reactive ketones (excluding diaryl/α,β-unsaturated/α-hetero) is 1. The molecule has 0 saturated carbocycles.